The van der Waals surface area contributed by atoms with Crippen LogP contribution >= 0.6 is 0 Å². The molecular formula is C23H20N4O2. The van der Waals surface area contributed by atoms with Crippen LogP contribution in [0.3, 0.4) is 0 Å². The molecule has 0 aliphatic carbocycles. The van der Waals surface area contributed by atoms with Crippen molar-refractivity contribution in [3.8, 4) is 22.7 Å². The summed E-state index contributed by atoms with van der Waals surface area (Å²) < 4.78 is 1.81. The molecule has 0 bridgehead atoms. The van der Waals surface area contributed by atoms with Gasteiger partial charge in [-0.3, -0.25) is 9.78 Å². The van der Waals surface area contributed by atoms with Gasteiger partial charge in [0.2, 0.25) is 5.91 Å². The summed E-state index contributed by atoms with van der Waals surface area (Å²) in [5.74, 6) is -0.0448. The van der Waals surface area contributed by atoms with Gasteiger partial charge in [-0.05, 0) is 30.3 Å². The van der Waals surface area contributed by atoms with Crippen LogP contribution in [-0.4, -0.2) is 25.8 Å². The van der Waals surface area contributed by atoms with Crippen molar-refractivity contribution in [2.45, 2.75) is 13.0 Å². The number of para-hydroxylation sites is 2. The highest BCUT2D eigenvalue weighted by Crippen LogP contribution is 2.23. The summed E-state index contributed by atoms with van der Waals surface area (Å²) in [6.07, 6.45) is 5.48. The molecule has 4 aromatic rings. The van der Waals surface area contributed by atoms with Crippen LogP contribution in [-0.2, 0) is 17.8 Å². The maximum Gasteiger partial charge on any atom is 0.224 e. The molecule has 0 saturated carbocycles. The predicted molar refractivity (Wildman–Crippen MR) is 110 cm³/mol. The third-order valence-electron chi connectivity index (χ3n) is 4.58. The number of phenols is 1. The molecule has 0 aliphatic heterocycles. The Morgan fingerprint density at radius 2 is 1.66 bits per heavy atom. The average molecular weight is 384 g/mol. The molecule has 2 aromatic carbocycles. The Hall–Kier alpha value is -3.93. The van der Waals surface area contributed by atoms with Crippen LogP contribution in [0.5, 0.6) is 5.75 Å². The molecule has 2 heterocycles. The van der Waals surface area contributed by atoms with Crippen LogP contribution in [0, 0.1) is 0 Å². The van der Waals surface area contributed by atoms with Crippen LogP contribution in [0.4, 0.5) is 0 Å². The zero-order valence-corrected chi connectivity index (χ0v) is 15.7. The average Bonchev–Trinajstić information content (AvgIpc) is 3.20. The van der Waals surface area contributed by atoms with Crippen molar-refractivity contribution in [1.82, 2.24) is 20.1 Å². The normalized spacial score (nSPS) is 10.6. The molecule has 144 valence electrons. The lowest BCUT2D eigenvalue weighted by Crippen LogP contribution is -2.24. The largest absolute Gasteiger partial charge is 0.508 e. The van der Waals surface area contributed by atoms with Crippen LogP contribution in [0.15, 0.2) is 85.3 Å². The van der Waals surface area contributed by atoms with Gasteiger partial charge in [0.05, 0.1) is 17.8 Å². The number of pyridine rings is 1. The number of carbonyl (C=O) groups excluding carboxylic acids is 1. The number of nitrogens with one attached hydrogen (secondary N) is 1. The first-order chi connectivity index (χ1) is 14.2. The number of aromatic hydroxyl groups is 1. The first-order valence-electron chi connectivity index (χ1n) is 9.28. The molecule has 6 nitrogen and oxygen atoms in total. The number of benzene rings is 2. The number of phenolic OH excluding ortho intramolecular Hbond substituents is 1. The molecular weight excluding hydrogens is 364 g/mol. The molecule has 4 rings (SSSR count). The van der Waals surface area contributed by atoms with Crippen molar-refractivity contribution in [2.24, 2.45) is 0 Å². The topological polar surface area (TPSA) is 80.0 Å². The highest BCUT2D eigenvalue weighted by molar-refractivity contribution is 5.79. The second-order valence-corrected chi connectivity index (χ2v) is 6.60. The molecule has 6 heteroatoms. The fourth-order valence-corrected chi connectivity index (χ4v) is 3.09. The zero-order valence-electron chi connectivity index (χ0n) is 15.7. The highest BCUT2D eigenvalue weighted by atomic mass is 16.3. The number of nitrogens with zero attached hydrogens (tertiary/aromatic N) is 3. The summed E-state index contributed by atoms with van der Waals surface area (Å²) in [7, 11) is 0. The van der Waals surface area contributed by atoms with Crippen molar-refractivity contribution in [1.29, 1.82) is 0 Å². The maximum atomic E-state index is 12.4. The van der Waals surface area contributed by atoms with E-state index in [0.717, 1.165) is 22.5 Å². The smallest absolute Gasteiger partial charge is 0.224 e. The van der Waals surface area contributed by atoms with E-state index in [9.17, 15) is 9.90 Å². The minimum absolute atomic E-state index is 0.115. The maximum absolute atomic E-state index is 12.4. The van der Waals surface area contributed by atoms with Gasteiger partial charge >= 0.3 is 0 Å². The van der Waals surface area contributed by atoms with E-state index < -0.39 is 0 Å². The van der Waals surface area contributed by atoms with Crippen molar-refractivity contribution in [2.75, 3.05) is 0 Å². The fourth-order valence-electron chi connectivity index (χ4n) is 3.09. The molecule has 0 aliphatic rings. The molecule has 29 heavy (non-hydrogen) atoms. The second-order valence-electron chi connectivity index (χ2n) is 6.60. The number of carbonyl (C=O) groups is 1. The Morgan fingerprint density at radius 1 is 0.931 bits per heavy atom. The van der Waals surface area contributed by atoms with Crippen molar-refractivity contribution >= 4 is 5.91 Å². The number of aromatic nitrogens is 3. The number of hydrogen-bond acceptors (Lipinski definition) is 4. The molecule has 2 N–H and O–H groups in total. The molecule has 2 aromatic heterocycles. The summed E-state index contributed by atoms with van der Waals surface area (Å²) >= 11 is 0. The van der Waals surface area contributed by atoms with Crippen LogP contribution in [0.1, 0.15) is 11.1 Å². The van der Waals surface area contributed by atoms with E-state index in [4.69, 9.17) is 5.10 Å². The van der Waals surface area contributed by atoms with Gasteiger partial charge in [-0.15, -0.1) is 0 Å². The highest BCUT2D eigenvalue weighted by Gasteiger charge is 2.14. The van der Waals surface area contributed by atoms with Crippen LogP contribution in [0.2, 0.25) is 0 Å². The first-order valence-corrected chi connectivity index (χ1v) is 9.28. The lowest BCUT2D eigenvalue weighted by Gasteiger charge is -2.07. The minimum atomic E-state index is -0.167. The molecule has 0 atom stereocenters. The molecule has 1 amide bonds. The summed E-state index contributed by atoms with van der Waals surface area (Å²) in [5, 5.41) is 17.5. The Labute approximate surface area is 168 Å². The molecule has 0 radical (unpaired) electrons. The van der Waals surface area contributed by atoms with Gasteiger partial charge in [0.1, 0.15) is 5.75 Å². The van der Waals surface area contributed by atoms with Crippen molar-refractivity contribution < 1.29 is 9.90 Å². The lowest BCUT2D eigenvalue weighted by molar-refractivity contribution is -0.120. The van der Waals surface area contributed by atoms with Crippen molar-refractivity contribution in [3.63, 3.8) is 0 Å². The molecule has 0 spiro atoms. The monoisotopic (exact) mass is 384 g/mol. The van der Waals surface area contributed by atoms with Gasteiger partial charge in [-0.25, -0.2) is 4.68 Å². The third-order valence-corrected chi connectivity index (χ3v) is 4.58. The first kappa shape index (κ1) is 18.4. The fraction of sp³-hybridized carbons (Fsp3) is 0.0870. The molecule has 0 fully saturated rings. The predicted octanol–water partition coefficient (Wildman–Crippen LogP) is 3.50. The standard InChI is InChI=1S/C23H20N4O2/c28-21-9-5-4-6-18(21)14-22(29)25-15-19-16-27(20-7-2-1-3-8-20)26-23(19)17-10-12-24-13-11-17/h1-13,16,28H,14-15H2,(H,25,29). The summed E-state index contributed by atoms with van der Waals surface area (Å²) in [6.45, 7) is 0.330. The Morgan fingerprint density at radius 3 is 2.41 bits per heavy atom. The Balaban J connectivity index is 1.56. The third kappa shape index (κ3) is 4.32. The molecule has 0 unspecified atom stereocenters. The zero-order chi connectivity index (χ0) is 20.1. The van der Waals surface area contributed by atoms with Crippen molar-refractivity contribution in [3.05, 3.63) is 96.4 Å². The van der Waals surface area contributed by atoms with E-state index >= 15 is 0 Å². The minimum Gasteiger partial charge on any atom is -0.508 e. The van der Waals surface area contributed by atoms with Gasteiger partial charge < -0.3 is 10.4 Å². The Bertz CT molecular complexity index is 1110. The summed E-state index contributed by atoms with van der Waals surface area (Å²) in [6, 6.07) is 20.5. The second kappa shape index (κ2) is 8.39. The molecule has 0 saturated heterocycles. The van der Waals surface area contributed by atoms with Gasteiger partial charge in [0, 0.05) is 41.8 Å². The van der Waals surface area contributed by atoms with Crippen LogP contribution in [0.25, 0.3) is 16.9 Å². The SMILES string of the molecule is O=C(Cc1ccccc1O)NCc1cn(-c2ccccc2)nc1-c1ccncc1. The van der Waals surface area contributed by atoms with E-state index in [0.29, 0.717) is 12.1 Å². The summed E-state index contributed by atoms with van der Waals surface area (Å²) in [4.78, 5) is 16.5. The van der Waals surface area contributed by atoms with E-state index in [1.165, 1.54) is 0 Å². The number of hydrogen-bond donors (Lipinski definition) is 2. The number of rotatable bonds is 6. The van der Waals surface area contributed by atoms with Gasteiger partial charge in [0.15, 0.2) is 0 Å². The summed E-state index contributed by atoms with van der Waals surface area (Å²) in [5.41, 5.74) is 4.15. The Kier molecular flexibility index (Phi) is 5.33. The quantitative estimate of drug-likeness (QED) is 0.533. The van der Waals surface area contributed by atoms with Gasteiger partial charge in [-0.1, -0.05) is 36.4 Å². The van der Waals surface area contributed by atoms with E-state index in [1.54, 1.807) is 41.3 Å². The number of amides is 1. The van der Waals surface area contributed by atoms with Gasteiger partial charge in [-0.2, -0.15) is 5.10 Å². The van der Waals surface area contributed by atoms with E-state index in [-0.39, 0.29) is 18.1 Å². The lowest BCUT2D eigenvalue weighted by atomic mass is 10.1. The van der Waals surface area contributed by atoms with Gasteiger partial charge in [0.25, 0.3) is 0 Å². The van der Waals surface area contributed by atoms with E-state index in [1.807, 2.05) is 48.7 Å². The van der Waals surface area contributed by atoms with E-state index in [2.05, 4.69) is 10.3 Å². The van der Waals surface area contributed by atoms with Crippen LogP contribution < -0.4 is 5.32 Å².